The Bertz CT molecular complexity index is 790. The lowest BCUT2D eigenvalue weighted by Gasteiger charge is -2.12. The number of anilines is 1. The first-order valence-corrected chi connectivity index (χ1v) is 8.59. The highest BCUT2D eigenvalue weighted by Crippen LogP contribution is 2.32. The Morgan fingerprint density at radius 1 is 1.16 bits per heavy atom. The number of fused-ring (bicyclic) bond motifs is 1. The lowest BCUT2D eigenvalue weighted by atomic mass is 9.99. The summed E-state index contributed by atoms with van der Waals surface area (Å²) in [6.07, 6.45) is 1.09. The maximum atomic E-state index is 12.3. The molecule has 1 aliphatic rings. The van der Waals surface area contributed by atoms with Crippen LogP contribution in [0.3, 0.4) is 0 Å². The fraction of sp³-hybridized carbons (Fsp3) is 0.263. The summed E-state index contributed by atoms with van der Waals surface area (Å²) in [4.78, 5) is 12.3. The van der Waals surface area contributed by atoms with Gasteiger partial charge in [-0.2, -0.15) is 0 Å². The normalized spacial score (nSPS) is 13.2. The molecule has 0 unspecified atom stereocenters. The Morgan fingerprint density at radius 2 is 1.88 bits per heavy atom. The number of carbonyl (C=O) groups is 1. The Labute approximate surface area is 152 Å². The van der Waals surface area contributed by atoms with Crippen LogP contribution in [0.25, 0.3) is 0 Å². The summed E-state index contributed by atoms with van der Waals surface area (Å²) in [6.45, 7) is 4.53. The Kier molecular flexibility index (Phi) is 5.19. The number of ether oxygens (including phenoxy) is 2. The third-order valence-corrected chi connectivity index (χ3v) is 4.42. The van der Waals surface area contributed by atoms with Crippen molar-refractivity contribution in [2.75, 3.05) is 12.1 Å². The van der Waals surface area contributed by atoms with Crippen LogP contribution in [0.1, 0.15) is 42.1 Å². The number of benzene rings is 2. The molecule has 2 aromatic carbocycles. The molecule has 6 heteroatoms. The number of hydrogen-bond donors (Lipinski definition) is 2. The summed E-state index contributed by atoms with van der Waals surface area (Å²) < 4.78 is 10.5. The van der Waals surface area contributed by atoms with Crippen LogP contribution in [-0.4, -0.2) is 17.8 Å². The van der Waals surface area contributed by atoms with Crippen molar-refractivity contribution in [3.8, 4) is 11.5 Å². The number of rotatable bonds is 4. The minimum atomic E-state index is -0.299. The van der Waals surface area contributed by atoms with E-state index in [9.17, 15) is 4.79 Å². The summed E-state index contributed by atoms with van der Waals surface area (Å²) in [5, 5.41) is 5.94. The standard InChI is InChI=1S/C19H20N2O3S/c1-3-12(2)13-4-7-15(8-5-13)20-19(25)21-18(22)14-6-9-16-17(10-14)24-11-23-16/h4-10,12H,3,11H2,1-2H3,(H2,20,21,22,25)/t12-/m1/s1. The van der Waals surface area contributed by atoms with E-state index in [1.54, 1.807) is 18.2 Å². The van der Waals surface area contributed by atoms with Crippen LogP contribution in [0.5, 0.6) is 11.5 Å². The topological polar surface area (TPSA) is 59.6 Å². The minimum Gasteiger partial charge on any atom is -0.454 e. The van der Waals surface area contributed by atoms with Crippen LogP contribution >= 0.6 is 12.2 Å². The lowest BCUT2D eigenvalue weighted by Crippen LogP contribution is -2.34. The van der Waals surface area contributed by atoms with Crippen LogP contribution in [-0.2, 0) is 0 Å². The van der Waals surface area contributed by atoms with Crippen molar-refractivity contribution in [1.82, 2.24) is 5.32 Å². The molecule has 130 valence electrons. The monoisotopic (exact) mass is 356 g/mol. The molecule has 0 saturated heterocycles. The molecular formula is C19H20N2O3S. The molecule has 0 aliphatic carbocycles. The highest BCUT2D eigenvalue weighted by Gasteiger charge is 2.16. The van der Waals surface area contributed by atoms with Gasteiger partial charge in [-0.05, 0) is 60.5 Å². The van der Waals surface area contributed by atoms with Crippen LogP contribution < -0.4 is 20.1 Å². The van der Waals surface area contributed by atoms with Crippen LogP contribution in [0.4, 0.5) is 5.69 Å². The maximum Gasteiger partial charge on any atom is 0.257 e. The molecule has 2 aromatic rings. The third-order valence-electron chi connectivity index (χ3n) is 4.21. The summed E-state index contributed by atoms with van der Waals surface area (Å²) in [5.74, 6) is 1.42. The molecule has 1 amide bonds. The van der Waals surface area contributed by atoms with E-state index in [1.807, 2.05) is 12.1 Å². The average Bonchev–Trinajstić information content (AvgIpc) is 3.09. The first-order chi connectivity index (χ1) is 12.1. The van der Waals surface area contributed by atoms with Gasteiger partial charge in [-0.1, -0.05) is 26.0 Å². The van der Waals surface area contributed by atoms with Gasteiger partial charge in [0.25, 0.3) is 5.91 Å². The molecule has 0 bridgehead atoms. The van der Waals surface area contributed by atoms with E-state index < -0.39 is 0 Å². The van der Waals surface area contributed by atoms with Gasteiger partial charge in [-0.3, -0.25) is 10.1 Å². The SMILES string of the molecule is CC[C@@H](C)c1ccc(NC(=S)NC(=O)c2ccc3c(c2)OCO3)cc1. The van der Waals surface area contributed by atoms with Gasteiger partial charge in [0.05, 0.1) is 0 Å². The summed E-state index contributed by atoms with van der Waals surface area (Å²) in [6, 6.07) is 13.1. The number of hydrogen-bond acceptors (Lipinski definition) is 4. The zero-order chi connectivity index (χ0) is 17.8. The molecule has 1 aliphatic heterocycles. The third kappa shape index (κ3) is 4.09. The van der Waals surface area contributed by atoms with Crippen molar-refractivity contribution in [3.63, 3.8) is 0 Å². The van der Waals surface area contributed by atoms with Crippen molar-refractivity contribution in [3.05, 3.63) is 53.6 Å². The zero-order valence-electron chi connectivity index (χ0n) is 14.2. The molecule has 3 rings (SSSR count). The van der Waals surface area contributed by atoms with Gasteiger partial charge in [0, 0.05) is 11.3 Å². The van der Waals surface area contributed by atoms with Crippen LogP contribution in [0.15, 0.2) is 42.5 Å². The molecule has 25 heavy (non-hydrogen) atoms. The molecule has 0 spiro atoms. The molecule has 0 fully saturated rings. The van der Waals surface area contributed by atoms with Crippen molar-refractivity contribution >= 4 is 28.9 Å². The first kappa shape index (κ1) is 17.2. The second-order valence-electron chi connectivity index (χ2n) is 5.91. The van der Waals surface area contributed by atoms with Crippen LogP contribution in [0.2, 0.25) is 0 Å². The second-order valence-corrected chi connectivity index (χ2v) is 6.32. The van der Waals surface area contributed by atoms with Gasteiger partial charge in [0.15, 0.2) is 16.6 Å². The van der Waals surface area contributed by atoms with E-state index in [1.165, 1.54) is 5.56 Å². The molecule has 5 nitrogen and oxygen atoms in total. The molecule has 1 atom stereocenters. The van der Waals surface area contributed by atoms with Gasteiger partial charge in [0.1, 0.15) is 0 Å². The number of amides is 1. The number of nitrogens with one attached hydrogen (secondary N) is 2. The summed E-state index contributed by atoms with van der Waals surface area (Å²) >= 11 is 5.22. The van der Waals surface area contributed by atoms with Crippen molar-refractivity contribution < 1.29 is 14.3 Å². The molecule has 2 N–H and O–H groups in total. The average molecular weight is 356 g/mol. The predicted molar refractivity (Wildman–Crippen MR) is 101 cm³/mol. The van der Waals surface area contributed by atoms with Crippen LogP contribution in [0, 0.1) is 0 Å². The Balaban J connectivity index is 1.59. The van der Waals surface area contributed by atoms with E-state index in [2.05, 4.69) is 36.6 Å². The minimum absolute atomic E-state index is 0.174. The van der Waals surface area contributed by atoms with Crippen molar-refractivity contribution in [1.29, 1.82) is 0 Å². The van der Waals surface area contributed by atoms with E-state index in [0.717, 1.165) is 12.1 Å². The molecule has 0 saturated carbocycles. The van der Waals surface area contributed by atoms with Crippen molar-refractivity contribution in [2.24, 2.45) is 0 Å². The fourth-order valence-electron chi connectivity index (χ4n) is 2.51. The maximum absolute atomic E-state index is 12.3. The van der Waals surface area contributed by atoms with Gasteiger partial charge in [0.2, 0.25) is 6.79 Å². The first-order valence-electron chi connectivity index (χ1n) is 8.18. The van der Waals surface area contributed by atoms with Gasteiger partial charge in [-0.25, -0.2) is 0 Å². The van der Waals surface area contributed by atoms with E-state index >= 15 is 0 Å². The summed E-state index contributed by atoms with van der Waals surface area (Å²) in [7, 11) is 0. The van der Waals surface area contributed by atoms with Gasteiger partial charge >= 0.3 is 0 Å². The zero-order valence-corrected chi connectivity index (χ0v) is 15.0. The quantitative estimate of drug-likeness (QED) is 0.809. The Morgan fingerprint density at radius 3 is 2.60 bits per heavy atom. The highest BCUT2D eigenvalue weighted by atomic mass is 32.1. The van der Waals surface area contributed by atoms with E-state index in [-0.39, 0.29) is 17.8 Å². The summed E-state index contributed by atoms with van der Waals surface area (Å²) in [5.41, 5.74) is 2.58. The largest absolute Gasteiger partial charge is 0.454 e. The molecule has 1 heterocycles. The Hall–Kier alpha value is -2.60. The second kappa shape index (κ2) is 7.53. The molecule has 0 aromatic heterocycles. The van der Waals surface area contributed by atoms with Crippen molar-refractivity contribution in [2.45, 2.75) is 26.2 Å². The smallest absolute Gasteiger partial charge is 0.257 e. The number of thiocarbonyl (C=S) groups is 1. The predicted octanol–water partition coefficient (Wildman–Crippen LogP) is 4.06. The van der Waals surface area contributed by atoms with E-state index in [0.29, 0.717) is 23.0 Å². The molecular weight excluding hydrogens is 336 g/mol. The lowest BCUT2D eigenvalue weighted by molar-refractivity contribution is 0.0977. The van der Waals surface area contributed by atoms with Gasteiger partial charge < -0.3 is 14.8 Å². The molecule has 0 radical (unpaired) electrons. The number of carbonyl (C=O) groups excluding carboxylic acids is 1. The van der Waals surface area contributed by atoms with Gasteiger partial charge in [-0.15, -0.1) is 0 Å². The highest BCUT2D eigenvalue weighted by molar-refractivity contribution is 7.80. The fourth-order valence-corrected chi connectivity index (χ4v) is 2.72. The van der Waals surface area contributed by atoms with E-state index in [4.69, 9.17) is 21.7 Å².